The summed E-state index contributed by atoms with van der Waals surface area (Å²) in [6.07, 6.45) is -0.0550. The Balaban J connectivity index is 2.03. The molecular weight excluding hydrogens is 330 g/mol. The van der Waals surface area contributed by atoms with Crippen molar-refractivity contribution in [3.63, 3.8) is 0 Å². The number of rotatable bonds is 7. The maximum Gasteiger partial charge on any atom is 0.338 e. The molecule has 0 radical (unpaired) electrons. The van der Waals surface area contributed by atoms with Crippen molar-refractivity contribution in [3.8, 4) is 5.75 Å². The predicted molar refractivity (Wildman–Crippen MR) is 102 cm³/mol. The Labute approximate surface area is 154 Å². The second-order valence-electron chi connectivity index (χ2n) is 6.13. The van der Waals surface area contributed by atoms with Gasteiger partial charge in [-0.25, -0.2) is 4.79 Å². The minimum absolute atomic E-state index is 0.226. The molecule has 0 bridgehead atoms. The van der Waals surface area contributed by atoms with E-state index in [2.05, 4.69) is 11.4 Å². The van der Waals surface area contributed by atoms with Crippen LogP contribution in [0.2, 0.25) is 0 Å². The molecule has 0 aromatic heterocycles. The fourth-order valence-electron chi connectivity index (χ4n) is 2.61. The Hall–Kier alpha value is -2.82. The molecule has 0 unspecified atom stereocenters. The van der Waals surface area contributed by atoms with Crippen LogP contribution in [-0.2, 0) is 9.53 Å². The molecule has 0 aliphatic carbocycles. The van der Waals surface area contributed by atoms with Crippen LogP contribution in [0.1, 0.15) is 41.8 Å². The number of anilines is 1. The largest absolute Gasteiger partial charge is 0.481 e. The fourth-order valence-corrected chi connectivity index (χ4v) is 2.61. The molecule has 0 heterocycles. The number of carbonyl (C=O) groups excluding carboxylic acids is 2. The average Bonchev–Trinajstić information content (AvgIpc) is 2.59. The number of benzene rings is 2. The predicted octanol–water partition coefficient (Wildman–Crippen LogP) is 4.28. The van der Waals surface area contributed by atoms with E-state index >= 15 is 0 Å². The Morgan fingerprint density at radius 3 is 2.15 bits per heavy atom. The lowest BCUT2D eigenvalue weighted by Crippen LogP contribution is -2.32. The van der Waals surface area contributed by atoms with Crippen LogP contribution in [0.4, 0.5) is 5.69 Å². The third-order valence-corrected chi connectivity index (χ3v) is 3.80. The summed E-state index contributed by atoms with van der Waals surface area (Å²) in [5.41, 5.74) is 3.23. The van der Waals surface area contributed by atoms with E-state index < -0.39 is 6.10 Å². The Bertz CT molecular complexity index is 748. The molecule has 26 heavy (non-hydrogen) atoms. The van der Waals surface area contributed by atoms with Crippen LogP contribution in [0.15, 0.2) is 42.5 Å². The van der Waals surface area contributed by atoms with Gasteiger partial charge in [0.15, 0.2) is 6.10 Å². The van der Waals surface area contributed by atoms with Crippen molar-refractivity contribution in [3.05, 3.63) is 59.2 Å². The van der Waals surface area contributed by atoms with Gasteiger partial charge in [0.05, 0.1) is 12.2 Å². The lowest BCUT2D eigenvalue weighted by molar-refractivity contribution is -0.122. The van der Waals surface area contributed by atoms with Crippen LogP contribution in [0.5, 0.6) is 5.75 Å². The molecule has 0 saturated carbocycles. The highest BCUT2D eigenvalue weighted by Gasteiger charge is 2.19. The highest BCUT2D eigenvalue weighted by molar-refractivity contribution is 5.95. The molecule has 2 rings (SSSR count). The summed E-state index contributed by atoms with van der Waals surface area (Å²) in [5, 5.41) is 2.82. The number of ether oxygens (including phenoxy) is 2. The quantitative estimate of drug-likeness (QED) is 0.753. The summed E-state index contributed by atoms with van der Waals surface area (Å²) >= 11 is 0. The molecule has 5 heteroatoms. The van der Waals surface area contributed by atoms with Crippen LogP contribution in [0.3, 0.4) is 0 Å². The first kappa shape index (κ1) is 19.5. The SMILES string of the molecule is CCOC(=O)c1ccc(NC(=O)[C@@H](CC)Oc2cc(C)cc(C)c2)cc1. The second-order valence-corrected chi connectivity index (χ2v) is 6.13. The maximum absolute atomic E-state index is 12.5. The first-order valence-corrected chi connectivity index (χ1v) is 8.76. The van der Waals surface area contributed by atoms with Gasteiger partial charge in [0.2, 0.25) is 0 Å². The molecule has 0 aliphatic heterocycles. The zero-order chi connectivity index (χ0) is 19.1. The van der Waals surface area contributed by atoms with E-state index in [9.17, 15) is 9.59 Å². The van der Waals surface area contributed by atoms with Gasteiger partial charge in [-0.2, -0.15) is 0 Å². The minimum atomic E-state index is -0.596. The highest BCUT2D eigenvalue weighted by Crippen LogP contribution is 2.19. The molecule has 2 aromatic carbocycles. The number of nitrogens with one attached hydrogen (secondary N) is 1. The van der Waals surface area contributed by atoms with Gasteiger partial charge in [0, 0.05) is 5.69 Å². The van der Waals surface area contributed by atoms with E-state index in [4.69, 9.17) is 9.47 Å². The normalized spacial score (nSPS) is 11.5. The summed E-state index contributed by atoms with van der Waals surface area (Å²) < 4.78 is 10.8. The number of amides is 1. The van der Waals surface area contributed by atoms with Crippen LogP contribution in [0, 0.1) is 13.8 Å². The molecule has 5 nitrogen and oxygen atoms in total. The fraction of sp³-hybridized carbons (Fsp3) is 0.333. The molecule has 0 saturated heterocycles. The Morgan fingerprint density at radius 1 is 1.00 bits per heavy atom. The highest BCUT2D eigenvalue weighted by atomic mass is 16.5. The molecule has 0 aliphatic rings. The summed E-state index contributed by atoms with van der Waals surface area (Å²) in [6, 6.07) is 12.5. The number of aryl methyl sites for hydroxylation is 2. The van der Waals surface area contributed by atoms with E-state index in [0.29, 0.717) is 30.0 Å². The molecule has 2 aromatic rings. The lowest BCUT2D eigenvalue weighted by atomic mass is 10.1. The summed E-state index contributed by atoms with van der Waals surface area (Å²) in [5.74, 6) is 0.0765. The monoisotopic (exact) mass is 355 g/mol. The standard InChI is InChI=1S/C21H25NO4/c1-5-19(26-18-12-14(3)11-15(4)13-18)20(23)22-17-9-7-16(8-10-17)21(24)25-6-2/h7-13,19H,5-6H2,1-4H3,(H,22,23)/t19-/m1/s1. The van der Waals surface area contributed by atoms with E-state index in [-0.39, 0.29) is 11.9 Å². The maximum atomic E-state index is 12.5. The smallest absolute Gasteiger partial charge is 0.338 e. The Morgan fingerprint density at radius 2 is 1.62 bits per heavy atom. The van der Waals surface area contributed by atoms with Gasteiger partial charge in [-0.05, 0) is 74.7 Å². The van der Waals surface area contributed by atoms with Gasteiger partial charge in [0.25, 0.3) is 5.91 Å². The van der Waals surface area contributed by atoms with Gasteiger partial charge in [-0.1, -0.05) is 13.0 Å². The minimum Gasteiger partial charge on any atom is -0.481 e. The number of hydrogen-bond donors (Lipinski definition) is 1. The van der Waals surface area contributed by atoms with Gasteiger partial charge in [-0.3, -0.25) is 4.79 Å². The molecule has 1 atom stereocenters. The van der Waals surface area contributed by atoms with E-state index in [1.165, 1.54) is 0 Å². The van der Waals surface area contributed by atoms with E-state index in [1.807, 2.05) is 32.9 Å². The first-order valence-electron chi connectivity index (χ1n) is 8.76. The van der Waals surface area contributed by atoms with Crippen molar-refractivity contribution in [2.75, 3.05) is 11.9 Å². The summed E-state index contributed by atoms with van der Waals surface area (Å²) in [7, 11) is 0. The van der Waals surface area contributed by atoms with Crippen molar-refractivity contribution < 1.29 is 19.1 Å². The topological polar surface area (TPSA) is 64.6 Å². The molecule has 1 amide bonds. The van der Waals surface area contributed by atoms with E-state index in [0.717, 1.165) is 11.1 Å². The van der Waals surface area contributed by atoms with Crippen LogP contribution in [0.25, 0.3) is 0 Å². The number of esters is 1. The van der Waals surface area contributed by atoms with E-state index in [1.54, 1.807) is 31.2 Å². The average molecular weight is 355 g/mol. The summed E-state index contributed by atoms with van der Waals surface area (Å²) in [6.45, 7) is 7.97. The Kier molecular flexibility index (Phi) is 6.78. The second kappa shape index (κ2) is 9.04. The zero-order valence-electron chi connectivity index (χ0n) is 15.7. The third-order valence-electron chi connectivity index (χ3n) is 3.80. The van der Waals surface area contributed by atoms with Gasteiger partial charge in [0.1, 0.15) is 5.75 Å². The molecule has 0 spiro atoms. The van der Waals surface area contributed by atoms with Crippen molar-refractivity contribution >= 4 is 17.6 Å². The van der Waals surface area contributed by atoms with Crippen molar-refractivity contribution in [2.24, 2.45) is 0 Å². The number of carbonyl (C=O) groups is 2. The molecular formula is C21H25NO4. The third kappa shape index (κ3) is 5.34. The molecule has 1 N–H and O–H groups in total. The molecule has 138 valence electrons. The summed E-state index contributed by atoms with van der Waals surface area (Å²) in [4.78, 5) is 24.2. The van der Waals surface area contributed by atoms with Gasteiger partial charge in [-0.15, -0.1) is 0 Å². The number of hydrogen-bond acceptors (Lipinski definition) is 4. The van der Waals surface area contributed by atoms with Gasteiger partial charge < -0.3 is 14.8 Å². The van der Waals surface area contributed by atoms with Crippen molar-refractivity contribution in [1.29, 1.82) is 0 Å². The lowest BCUT2D eigenvalue weighted by Gasteiger charge is -2.18. The van der Waals surface area contributed by atoms with Crippen molar-refractivity contribution in [1.82, 2.24) is 0 Å². The van der Waals surface area contributed by atoms with Crippen molar-refractivity contribution in [2.45, 2.75) is 40.2 Å². The van der Waals surface area contributed by atoms with Gasteiger partial charge >= 0.3 is 5.97 Å². The molecule has 0 fully saturated rings. The zero-order valence-corrected chi connectivity index (χ0v) is 15.7. The van der Waals surface area contributed by atoms with Crippen LogP contribution < -0.4 is 10.1 Å². The first-order chi connectivity index (χ1) is 12.4. The van der Waals surface area contributed by atoms with Crippen LogP contribution >= 0.6 is 0 Å². The van der Waals surface area contributed by atoms with Crippen LogP contribution in [-0.4, -0.2) is 24.6 Å².